The van der Waals surface area contributed by atoms with Crippen molar-refractivity contribution in [1.82, 2.24) is 5.32 Å². The Hall–Kier alpha value is -2.48. The molecule has 3 rings (SSSR count). The first-order chi connectivity index (χ1) is 14.8. The van der Waals surface area contributed by atoms with Gasteiger partial charge in [0.1, 0.15) is 23.2 Å². The molecule has 3 nitrogen and oxygen atoms in total. The van der Waals surface area contributed by atoms with Crippen molar-refractivity contribution in [3.8, 4) is 0 Å². The molecule has 0 radical (unpaired) electrons. The van der Waals surface area contributed by atoms with E-state index in [1.54, 1.807) is 0 Å². The number of hydrogen-bond acceptors (Lipinski definition) is 2. The Kier molecular flexibility index (Phi) is 8.62. The lowest BCUT2D eigenvalue weighted by Crippen LogP contribution is -2.35. The van der Waals surface area contributed by atoms with Gasteiger partial charge in [-0.25, -0.2) is 0 Å². The zero-order valence-electron chi connectivity index (χ0n) is 17.7. The molecule has 30 heavy (non-hydrogen) atoms. The van der Waals surface area contributed by atoms with Gasteiger partial charge in [-0.15, -0.1) is 0 Å². The second-order valence-electron chi connectivity index (χ2n) is 7.25. The van der Waals surface area contributed by atoms with Crippen LogP contribution in [0.2, 0.25) is 0 Å². The molecule has 3 aromatic rings. The zero-order chi connectivity index (χ0) is 21.1. The van der Waals surface area contributed by atoms with E-state index in [1.165, 1.54) is 15.9 Å². The Morgan fingerprint density at radius 1 is 0.767 bits per heavy atom. The molecule has 1 amide bonds. The smallest absolute Gasteiger partial charge is 0.220 e. The van der Waals surface area contributed by atoms with E-state index in [2.05, 4.69) is 96.3 Å². The number of nitrogens with one attached hydrogen (secondary N) is 1. The highest BCUT2D eigenvalue weighted by Gasteiger charge is 2.44. The molecule has 156 valence electrons. The topological polar surface area (TPSA) is 38.3 Å². The summed E-state index contributed by atoms with van der Waals surface area (Å²) in [5.41, 5.74) is 0. The molecular formula is C26H31NO2P+. The van der Waals surface area contributed by atoms with E-state index in [0.29, 0.717) is 26.2 Å². The first-order valence-corrected chi connectivity index (χ1v) is 12.6. The largest absolute Gasteiger partial charge is 0.376 e. The molecule has 0 aliphatic carbocycles. The predicted octanol–water partition coefficient (Wildman–Crippen LogP) is 3.91. The molecule has 3 aromatic carbocycles. The average molecular weight is 421 g/mol. The van der Waals surface area contributed by atoms with Gasteiger partial charge in [-0.1, -0.05) is 61.5 Å². The first kappa shape index (κ1) is 22.2. The Labute approximate surface area is 180 Å². The summed E-state index contributed by atoms with van der Waals surface area (Å²) in [6.07, 6.45) is 2.36. The number of rotatable bonds is 11. The molecule has 0 unspecified atom stereocenters. The molecule has 0 atom stereocenters. The standard InChI is InChI=1S/C26H30NO2P/c1-2-12-26(28)27-19-20-29-21-22-30(23-13-6-3-7-14-23,24-15-8-4-9-16-24)25-17-10-5-11-18-25/h3-11,13-18H,2,12,19-22H2,1H3/p+1. The number of carbonyl (C=O) groups is 1. The van der Waals surface area contributed by atoms with Gasteiger partial charge in [0, 0.05) is 13.0 Å². The van der Waals surface area contributed by atoms with Gasteiger partial charge in [-0.05, 0) is 42.8 Å². The van der Waals surface area contributed by atoms with Crippen LogP contribution in [0.4, 0.5) is 0 Å². The van der Waals surface area contributed by atoms with Crippen LogP contribution in [0.15, 0.2) is 91.0 Å². The monoisotopic (exact) mass is 420 g/mol. The molecular weight excluding hydrogens is 389 g/mol. The summed E-state index contributed by atoms with van der Waals surface area (Å²) in [7, 11) is -1.84. The summed E-state index contributed by atoms with van der Waals surface area (Å²) in [5.74, 6) is 0.0980. The molecule has 0 saturated carbocycles. The second-order valence-corrected chi connectivity index (χ2v) is 10.9. The highest BCUT2D eigenvalue weighted by atomic mass is 31.2. The van der Waals surface area contributed by atoms with E-state index in [9.17, 15) is 4.79 Å². The third-order valence-corrected chi connectivity index (χ3v) is 9.60. The lowest BCUT2D eigenvalue weighted by molar-refractivity contribution is -0.121. The van der Waals surface area contributed by atoms with Gasteiger partial charge in [0.25, 0.3) is 0 Å². The average Bonchev–Trinajstić information content (AvgIpc) is 2.81. The van der Waals surface area contributed by atoms with Gasteiger partial charge < -0.3 is 10.1 Å². The van der Waals surface area contributed by atoms with E-state index in [1.807, 2.05) is 6.92 Å². The van der Waals surface area contributed by atoms with Crippen LogP contribution in [0.25, 0.3) is 0 Å². The van der Waals surface area contributed by atoms with Crippen molar-refractivity contribution < 1.29 is 9.53 Å². The van der Waals surface area contributed by atoms with Gasteiger partial charge >= 0.3 is 0 Å². The third-order valence-electron chi connectivity index (χ3n) is 5.21. The zero-order valence-corrected chi connectivity index (χ0v) is 18.6. The normalized spacial score (nSPS) is 11.2. The SMILES string of the molecule is CCCC(=O)NCCOCC[P+](c1ccccc1)(c1ccccc1)c1ccccc1. The van der Waals surface area contributed by atoms with Gasteiger partial charge in [-0.3, -0.25) is 4.79 Å². The third kappa shape index (κ3) is 5.56. The highest BCUT2D eigenvalue weighted by molar-refractivity contribution is 7.95. The highest BCUT2D eigenvalue weighted by Crippen LogP contribution is 2.54. The minimum Gasteiger partial charge on any atom is -0.376 e. The number of carbonyl (C=O) groups excluding carboxylic acids is 1. The maximum absolute atomic E-state index is 11.6. The van der Waals surface area contributed by atoms with Gasteiger partial charge in [-0.2, -0.15) is 0 Å². The Balaban J connectivity index is 1.82. The minimum absolute atomic E-state index is 0.0980. The van der Waals surface area contributed by atoms with Crippen molar-refractivity contribution in [3.63, 3.8) is 0 Å². The van der Waals surface area contributed by atoms with Crippen LogP contribution in [0, 0.1) is 0 Å². The number of amides is 1. The Bertz CT molecular complexity index is 788. The van der Waals surface area contributed by atoms with Crippen molar-refractivity contribution >= 4 is 29.1 Å². The van der Waals surface area contributed by atoms with Crippen LogP contribution < -0.4 is 21.2 Å². The molecule has 0 heterocycles. The van der Waals surface area contributed by atoms with Crippen LogP contribution in [0.1, 0.15) is 19.8 Å². The van der Waals surface area contributed by atoms with Crippen LogP contribution in [0.5, 0.6) is 0 Å². The lowest BCUT2D eigenvalue weighted by Gasteiger charge is -2.27. The molecule has 0 aromatic heterocycles. The van der Waals surface area contributed by atoms with Gasteiger partial charge in [0.05, 0.1) is 19.4 Å². The predicted molar refractivity (Wildman–Crippen MR) is 129 cm³/mol. The fraction of sp³-hybridized carbons (Fsp3) is 0.269. The van der Waals surface area contributed by atoms with Gasteiger partial charge in [0.15, 0.2) is 0 Å². The van der Waals surface area contributed by atoms with E-state index in [4.69, 9.17) is 4.74 Å². The molecule has 0 fully saturated rings. The van der Waals surface area contributed by atoms with Crippen LogP contribution in [0.3, 0.4) is 0 Å². The number of ether oxygens (including phenoxy) is 1. The molecule has 0 spiro atoms. The summed E-state index contributed by atoms with van der Waals surface area (Å²) >= 11 is 0. The summed E-state index contributed by atoms with van der Waals surface area (Å²) < 4.78 is 6.00. The van der Waals surface area contributed by atoms with E-state index < -0.39 is 7.26 Å². The summed E-state index contributed by atoms with van der Waals surface area (Å²) in [4.78, 5) is 11.6. The van der Waals surface area contributed by atoms with Crippen molar-refractivity contribution in [2.45, 2.75) is 19.8 Å². The molecule has 1 N–H and O–H groups in total. The number of hydrogen-bond donors (Lipinski definition) is 1. The maximum Gasteiger partial charge on any atom is 0.220 e. The molecule has 4 heteroatoms. The molecule has 0 aliphatic heterocycles. The van der Waals surface area contributed by atoms with E-state index in [0.717, 1.165) is 12.6 Å². The number of benzene rings is 3. The van der Waals surface area contributed by atoms with Crippen LogP contribution >= 0.6 is 7.26 Å². The summed E-state index contributed by atoms with van der Waals surface area (Å²) in [5, 5.41) is 7.01. The Morgan fingerprint density at radius 2 is 1.23 bits per heavy atom. The van der Waals surface area contributed by atoms with Gasteiger partial charge in [0.2, 0.25) is 5.91 Å². The second kappa shape index (κ2) is 11.6. The summed E-state index contributed by atoms with van der Waals surface area (Å²) in [6.45, 7) is 3.76. The van der Waals surface area contributed by atoms with E-state index >= 15 is 0 Å². The fourth-order valence-corrected chi connectivity index (χ4v) is 7.88. The van der Waals surface area contributed by atoms with Crippen molar-refractivity contribution in [2.75, 3.05) is 25.9 Å². The minimum atomic E-state index is -1.84. The molecule has 0 saturated heterocycles. The van der Waals surface area contributed by atoms with Crippen molar-refractivity contribution in [1.29, 1.82) is 0 Å². The maximum atomic E-state index is 11.6. The quantitative estimate of drug-likeness (QED) is 0.377. The Morgan fingerprint density at radius 3 is 1.67 bits per heavy atom. The lowest BCUT2D eigenvalue weighted by atomic mass is 10.3. The summed E-state index contributed by atoms with van der Waals surface area (Å²) in [6, 6.07) is 32.5. The van der Waals surface area contributed by atoms with Crippen LogP contribution in [-0.4, -0.2) is 31.8 Å². The van der Waals surface area contributed by atoms with E-state index in [-0.39, 0.29) is 5.91 Å². The van der Waals surface area contributed by atoms with Crippen molar-refractivity contribution in [2.24, 2.45) is 0 Å². The van der Waals surface area contributed by atoms with Crippen LogP contribution in [-0.2, 0) is 9.53 Å². The molecule has 0 bridgehead atoms. The fourth-order valence-electron chi connectivity index (χ4n) is 3.76. The van der Waals surface area contributed by atoms with Crippen molar-refractivity contribution in [3.05, 3.63) is 91.0 Å². The molecule has 0 aliphatic rings. The first-order valence-electron chi connectivity index (χ1n) is 10.7.